The summed E-state index contributed by atoms with van der Waals surface area (Å²) in [6.45, 7) is 5.25. The van der Waals surface area contributed by atoms with Crippen LogP contribution in [0.25, 0.3) is 0 Å². The van der Waals surface area contributed by atoms with E-state index < -0.39 is 0 Å². The van der Waals surface area contributed by atoms with E-state index in [9.17, 15) is 0 Å². The number of ether oxygens (including phenoxy) is 3. The molecule has 0 atom stereocenters. The Balaban J connectivity index is 1.73. The van der Waals surface area contributed by atoms with E-state index in [1.165, 1.54) is 0 Å². The number of methoxy groups -OCH3 is 2. The van der Waals surface area contributed by atoms with Crippen molar-refractivity contribution in [3.63, 3.8) is 0 Å². The first-order chi connectivity index (χ1) is 11.7. The zero-order valence-electron chi connectivity index (χ0n) is 14.1. The summed E-state index contributed by atoms with van der Waals surface area (Å²) in [6.07, 6.45) is 1.66. The Hall–Kier alpha value is -1.90. The van der Waals surface area contributed by atoms with Gasteiger partial charge in [-0.05, 0) is 24.4 Å². The average Bonchev–Trinajstić information content (AvgIpc) is 2.62. The number of nitrogens with zero attached hydrogens (tertiary/aromatic N) is 2. The molecule has 1 fully saturated rings. The summed E-state index contributed by atoms with van der Waals surface area (Å²) in [4.78, 5) is 2.34. The van der Waals surface area contributed by atoms with Crippen molar-refractivity contribution in [1.29, 1.82) is 0 Å². The summed E-state index contributed by atoms with van der Waals surface area (Å²) < 4.78 is 15.8. The van der Waals surface area contributed by atoms with Gasteiger partial charge in [0.2, 0.25) is 0 Å². The molecule has 0 aliphatic carbocycles. The maximum absolute atomic E-state index is 5.32. The predicted octanol–water partition coefficient (Wildman–Crippen LogP) is 0.834. The van der Waals surface area contributed by atoms with Gasteiger partial charge in [-0.15, -0.1) is 0 Å². The van der Waals surface area contributed by atoms with Crippen molar-refractivity contribution in [2.45, 2.75) is 0 Å². The van der Waals surface area contributed by atoms with Crippen molar-refractivity contribution >= 4 is 23.5 Å². The number of rotatable bonds is 7. The minimum Gasteiger partial charge on any atom is -0.497 e. The molecule has 2 rings (SSSR count). The molecule has 7 nitrogen and oxygen atoms in total. The average molecular weight is 352 g/mol. The van der Waals surface area contributed by atoms with E-state index in [1.807, 2.05) is 12.1 Å². The van der Waals surface area contributed by atoms with Crippen molar-refractivity contribution in [1.82, 2.24) is 15.6 Å². The van der Waals surface area contributed by atoms with Crippen LogP contribution in [0.3, 0.4) is 0 Å². The normalized spacial score (nSPS) is 15.2. The van der Waals surface area contributed by atoms with Crippen LogP contribution in [0, 0.1) is 0 Å². The van der Waals surface area contributed by atoms with Crippen molar-refractivity contribution in [3.05, 3.63) is 23.8 Å². The lowest BCUT2D eigenvalue weighted by atomic mass is 10.2. The first-order valence-corrected chi connectivity index (χ1v) is 8.23. The summed E-state index contributed by atoms with van der Waals surface area (Å²) in [5.74, 6) is 1.42. The quantitative estimate of drug-likeness (QED) is 0.428. The van der Waals surface area contributed by atoms with Gasteiger partial charge in [-0.25, -0.2) is 0 Å². The molecule has 8 heteroatoms. The molecule has 0 amide bonds. The largest absolute Gasteiger partial charge is 0.497 e. The number of thiocarbonyl (C=S) groups is 1. The molecule has 0 unspecified atom stereocenters. The Bertz CT molecular complexity index is 562. The lowest BCUT2D eigenvalue weighted by Crippen LogP contribution is -2.42. The first kappa shape index (κ1) is 18.4. The van der Waals surface area contributed by atoms with Crippen LogP contribution in [0.1, 0.15) is 5.56 Å². The third kappa shape index (κ3) is 5.95. The Morgan fingerprint density at radius 3 is 2.83 bits per heavy atom. The van der Waals surface area contributed by atoms with E-state index in [2.05, 4.69) is 20.7 Å². The van der Waals surface area contributed by atoms with E-state index in [0.717, 1.165) is 50.7 Å². The van der Waals surface area contributed by atoms with Crippen LogP contribution in [0.2, 0.25) is 0 Å². The second kappa shape index (κ2) is 10.1. The van der Waals surface area contributed by atoms with E-state index in [1.54, 1.807) is 26.5 Å². The minimum absolute atomic E-state index is 0.493. The van der Waals surface area contributed by atoms with E-state index in [-0.39, 0.29) is 0 Å². The van der Waals surface area contributed by atoms with E-state index >= 15 is 0 Å². The van der Waals surface area contributed by atoms with Gasteiger partial charge in [-0.1, -0.05) is 0 Å². The molecule has 1 aliphatic heterocycles. The number of hydrogen-bond acceptors (Lipinski definition) is 6. The SMILES string of the molecule is COc1ccc(/C=N/NC(=S)NCCN2CCOCC2)c(OC)c1. The Morgan fingerprint density at radius 2 is 2.12 bits per heavy atom. The summed E-state index contributed by atoms with van der Waals surface area (Å²) in [5.41, 5.74) is 3.64. The molecule has 0 bridgehead atoms. The van der Waals surface area contributed by atoms with Gasteiger partial charge < -0.3 is 19.5 Å². The van der Waals surface area contributed by atoms with E-state index in [0.29, 0.717) is 10.9 Å². The van der Waals surface area contributed by atoms with E-state index in [4.69, 9.17) is 26.4 Å². The number of hydrazone groups is 1. The van der Waals surface area contributed by atoms with Gasteiger partial charge in [0.25, 0.3) is 0 Å². The van der Waals surface area contributed by atoms with Gasteiger partial charge in [0.05, 0.1) is 33.6 Å². The molecule has 0 saturated carbocycles. The van der Waals surface area contributed by atoms with Crippen molar-refractivity contribution < 1.29 is 14.2 Å². The van der Waals surface area contributed by atoms with Crippen molar-refractivity contribution in [2.75, 3.05) is 53.6 Å². The Labute approximate surface area is 147 Å². The molecule has 1 heterocycles. The van der Waals surface area contributed by atoms with Gasteiger partial charge in [0.15, 0.2) is 5.11 Å². The standard InChI is InChI=1S/C16H24N4O3S/c1-21-14-4-3-13(15(11-14)22-2)12-18-19-16(24)17-5-6-20-7-9-23-10-8-20/h3-4,11-12H,5-10H2,1-2H3,(H2,17,19,24)/b18-12+. The highest BCUT2D eigenvalue weighted by atomic mass is 32.1. The predicted molar refractivity (Wildman–Crippen MR) is 98.1 cm³/mol. The highest BCUT2D eigenvalue weighted by Crippen LogP contribution is 2.22. The lowest BCUT2D eigenvalue weighted by molar-refractivity contribution is 0.0389. The van der Waals surface area contributed by atoms with Gasteiger partial charge in [0, 0.05) is 37.8 Å². The Morgan fingerprint density at radius 1 is 1.33 bits per heavy atom. The molecule has 2 N–H and O–H groups in total. The fraction of sp³-hybridized carbons (Fsp3) is 0.500. The molecule has 0 radical (unpaired) electrons. The third-order valence-electron chi connectivity index (χ3n) is 3.63. The Kier molecular flexibility index (Phi) is 7.73. The summed E-state index contributed by atoms with van der Waals surface area (Å²) in [6, 6.07) is 5.53. The lowest BCUT2D eigenvalue weighted by Gasteiger charge is -2.26. The van der Waals surface area contributed by atoms with Crippen LogP contribution in [-0.2, 0) is 4.74 Å². The van der Waals surface area contributed by atoms with Crippen molar-refractivity contribution in [2.24, 2.45) is 5.10 Å². The smallest absolute Gasteiger partial charge is 0.187 e. The van der Waals surface area contributed by atoms with Gasteiger partial charge >= 0.3 is 0 Å². The van der Waals surface area contributed by atoms with Crippen LogP contribution >= 0.6 is 12.2 Å². The molecule has 1 aliphatic rings. The van der Waals surface area contributed by atoms with Crippen LogP contribution in [0.4, 0.5) is 0 Å². The maximum atomic E-state index is 5.32. The minimum atomic E-state index is 0.493. The summed E-state index contributed by atoms with van der Waals surface area (Å²) in [5, 5.41) is 7.77. The summed E-state index contributed by atoms with van der Waals surface area (Å²) in [7, 11) is 3.22. The van der Waals surface area contributed by atoms with Crippen molar-refractivity contribution in [3.8, 4) is 11.5 Å². The number of hydrogen-bond donors (Lipinski definition) is 2. The molecule has 24 heavy (non-hydrogen) atoms. The third-order valence-corrected chi connectivity index (χ3v) is 3.86. The molecular formula is C16H24N4O3S. The topological polar surface area (TPSA) is 67.4 Å². The maximum Gasteiger partial charge on any atom is 0.187 e. The fourth-order valence-electron chi connectivity index (χ4n) is 2.28. The molecular weight excluding hydrogens is 328 g/mol. The van der Waals surface area contributed by atoms with Gasteiger partial charge in [-0.2, -0.15) is 5.10 Å². The highest BCUT2D eigenvalue weighted by Gasteiger charge is 2.09. The fourth-order valence-corrected chi connectivity index (χ4v) is 2.43. The highest BCUT2D eigenvalue weighted by molar-refractivity contribution is 7.80. The van der Waals surface area contributed by atoms with Gasteiger partial charge in [-0.3, -0.25) is 10.3 Å². The van der Waals surface area contributed by atoms with Crippen LogP contribution < -0.4 is 20.2 Å². The molecule has 1 saturated heterocycles. The zero-order valence-corrected chi connectivity index (χ0v) is 14.9. The monoisotopic (exact) mass is 352 g/mol. The molecule has 0 spiro atoms. The number of nitrogens with one attached hydrogen (secondary N) is 2. The van der Waals surface area contributed by atoms with Crippen LogP contribution in [0.15, 0.2) is 23.3 Å². The molecule has 1 aromatic carbocycles. The molecule has 1 aromatic rings. The van der Waals surface area contributed by atoms with Gasteiger partial charge in [0.1, 0.15) is 11.5 Å². The molecule has 132 valence electrons. The molecule has 0 aromatic heterocycles. The summed E-state index contributed by atoms with van der Waals surface area (Å²) >= 11 is 5.21. The second-order valence-corrected chi connectivity index (χ2v) is 5.60. The van der Waals surface area contributed by atoms with Crippen LogP contribution in [0.5, 0.6) is 11.5 Å². The number of morpholine rings is 1. The second-order valence-electron chi connectivity index (χ2n) is 5.19. The zero-order chi connectivity index (χ0) is 17.2. The first-order valence-electron chi connectivity index (χ1n) is 7.82. The number of benzene rings is 1. The van der Waals surface area contributed by atoms with Crippen LogP contribution in [-0.4, -0.2) is 69.8 Å².